The van der Waals surface area contributed by atoms with Gasteiger partial charge in [-0.3, -0.25) is 4.98 Å². The average Bonchev–Trinajstić information content (AvgIpc) is 2.70. The van der Waals surface area contributed by atoms with Crippen LogP contribution in [0.5, 0.6) is 0 Å². The molecule has 0 spiro atoms. The summed E-state index contributed by atoms with van der Waals surface area (Å²) in [6, 6.07) is 6.97. The highest BCUT2D eigenvalue weighted by atomic mass is 19.2. The molecule has 1 aliphatic rings. The number of benzene rings is 2. The van der Waals surface area contributed by atoms with Gasteiger partial charge in [0.2, 0.25) is 5.82 Å². The molecule has 0 saturated heterocycles. The maximum Gasteiger partial charge on any atom is 0.200 e. The van der Waals surface area contributed by atoms with Gasteiger partial charge in [0.05, 0.1) is 17.3 Å². The van der Waals surface area contributed by atoms with Crippen molar-refractivity contribution in [2.24, 2.45) is 0 Å². The highest BCUT2D eigenvalue weighted by Crippen LogP contribution is 2.39. The molecule has 0 bridgehead atoms. The molecule has 0 fully saturated rings. The van der Waals surface area contributed by atoms with Gasteiger partial charge in [-0.25, -0.2) is 22.0 Å². The third kappa shape index (κ3) is 2.88. The van der Waals surface area contributed by atoms with E-state index in [1.807, 2.05) is 0 Å². The minimum atomic E-state index is -2.19. The standard InChI is InChI=1S/C20H15F5N2O/c21-15-10(16(22)18(24)19(25)17(15)23)8-26-20-9-4-1-2-5-11(9)27-12-6-3-7-13(28)14(12)20/h1-2,4-5,13,28H,3,6-8H2,(H,26,27). The van der Waals surface area contributed by atoms with E-state index in [0.717, 1.165) is 6.42 Å². The summed E-state index contributed by atoms with van der Waals surface area (Å²) in [6.07, 6.45) is 1.01. The Hall–Kier alpha value is -2.74. The Morgan fingerprint density at radius 1 is 0.964 bits per heavy atom. The van der Waals surface area contributed by atoms with Crippen molar-refractivity contribution < 1.29 is 27.1 Å². The van der Waals surface area contributed by atoms with E-state index in [0.29, 0.717) is 40.7 Å². The summed E-state index contributed by atoms with van der Waals surface area (Å²) < 4.78 is 68.2. The number of nitrogens with zero attached hydrogens (tertiary/aromatic N) is 1. The molecule has 0 amide bonds. The molecule has 2 N–H and O–H groups in total. The smallest absolute Gasteiger partial charge is 0.200 e. The summed E-state index contributed by atoms with van der Waals surface area (Å²) in [5.74, 6) is -9.93. The van der Waals surface area contributed by atoms with Crippen LogP contribution in [-0.2, 0) is 13.0 Å². The fraction of sp³-hybridized carbons (Fsp3) is 0.250. The zero-order chi connectivity index (χ0) is 20.0. The SMILES string of the molecule is OC1CCCc2nc3ccccc3c(NCc3c(F)c(F)c(F)c(F)c3F)c21. The van der Waals surface area contributed by atoms with Crippen molar-refractivity contribution in [1.29, 1.82) is 0 Å². The van der Waals surface area contributed by atoms with E-state index >= 15 is 0 Å². The van der Waals surface area contributed by atoms with E-state index in [-0.39, 0.29) is 0 Å². The normalized spacial score (nSPS) is 16.3. The van der Waals surface area contributed by atoms with Crippen molar-refractivity contribution in [3.63, 3.8) is 0 Å². The van der Waals surface area contributed by atoms with Gasteiger partial charge >= 0.3 is 0 Å². The molecule has 3 nitrogen and oxygen atoms in total. The molecule has 1 aliphatic carbocycles. The summed E-state index contributed by atoms with van der Waals surface area (Å²) in [5, 5.41) is 13.8. The van der Waals surface area contributed by atoms with Crippen LogP contribution in [0.25, 0.3) is 10.9 Å². The Kier molecular flexibility index (Phi) is 4.66. The first-order chi connectivity index (χ1) is 13.4. The Morgan fingerprint density at radius 2 is 1.61 bits per heavy atom. The predicted molar refractivity (Wildman–Crippen MR) is 93.2 cm³/mol. The molecule has 1 atom stereocenters. The topological polar surface area (TPSA) is 45.2 Å². The van der Waals surface area contributed by atoms with E-state index < -0.39 is 47.3 Å². The molecule has 1 aromatic heterocycles. The van der Waals surface area contributed by atoms with Crippen molar-refractivity contribution in [3.8, 4) is 0 Å². The fourth-order valence-corrected chi connectivity index (χ4v) is 3.61. The van der Waals surface area contributed by atoms with E-state index in [4.69, 9.17) is 0 Å². The van der Waals surface area contributed by atoms with Crippen LogP contribution in [0.4, 0.5) is 27.6 Å². The first-order valence-corrected chi connectivity index (χ1v) is 8.74. The lowest BCUT2D eigenvalue weighted by molar-refractivity contribution is 0.156. The van der Waals surface area contributed by atoms with Gasteiger partial charge in [0.15, 0.2) is 23.3 Å². The summed E-state index contributed by atoms with van der Waals surface area (Å²) in [5.41, 5.74) is 1.18. The number of aryl methyl sites for hydroxylation is 1. The van der Waals surface area contributed by atoms with Crippen LogP contribution >= 0.6 is 0 Å². The van der Waals surface area contributed by atoms with Gasteiger partial charge in [-0.2, -0.15) is 0 Å². The van der Waals surface area contributed by atoms with Gasteiger partial charge in [0.1, 0.15) is 0 Å². The Bertz CT molecular complexity index is 1060. The Labute approximate surface area is 156 Å². The van der Waals surface area contributed by atoms with Crippen molar-refractivity contribution in [2.75, 3.05) is 5.32 Å². The van der Waals surface area contributed by atoms with Crippen molar-refractivity contribution in [1.82, 2.24) is 4.98 Å². The lowest BCUT2D eigenvalue weighted by Gasteiger charge is -2.25. The number of rotatable bonds is 3. The minimum absolute atomic E-state index is 0.386. The molecule has 0 saturated carbocycles. The molecular weight excluding hydrogens is 379 g/mol. The number of halogens is 5. The van der Waals surface area contributed by atoms with Crippen LogP contribution in [0.2, 0.25) is 0 Å². The average molecular weight is 394 g/mol. The van der Waals surface area contributed by atoms with Crippen LogP contribution in [0.15, 0.2) is 24.3 Å². The third-order valence-electron chi connectivity index (χ3n) is 4.98. The number of aromatic nitrogens is 1. The number of para-hydroxylation sites is 1. The quantitative estimate of drug-likeness (QED) is 0.377. The van der Waals surface area contributed by atoms with E-state index in [2.05, 4.69) is 10.3 Å². The number of aliphatic hydroxyl groups is 1. The molecule has 0 radical (unpaired) electrons. The third-order valence-corrected chi connectivity index (χ3v) is 4.98. The number of pyridine rings is 1. The molecule has 1 unspecified atom stereocenters. The molecule has 28 heavy (non-hydrogen) atoms. The van der Waals surface area contributed by atoms with Gasteiger partial charge in [-0.15, -0.1) is 0 Å². The minimum Gasteiger partial charge on any atom is -0.388 e. The van der Waals surface area contributed by atoms with Gasteiger partial charge in [-0.05, 0) is 25.3 Å². The second-order valence-electron chi connectivity index (χ2n) is 6.67. The second kappa shape index (κ2) is 7.01. The molecular formula is C20H15F5N2O. The molecule has 3 aromatic rings. The monoisotopic (exact) mass is 394 g/mol. The number of aliphatic hydroxyl groups excluding tert-OH is 1. The summed E-state index contributed by atoms with van der Waals surface area (Å²) in [6.45, 7) is -0.640. The summed E-state index contributed by atoms with van der Waals surface area (Å²) >= 11 is 0. The number of hydrogen-bond acceptors (Lipinski definition) is 3. The number of anilines is 1. The Morgan fingerprint density at radius 3 is 2.32 bits per heavy atom. The van der Waals surface area contributed by atoms with E-state index in [9.17, 15) is 27.1 Å². The molecule has 4 rings (SSSR count). The van der Waals surface area contributed by atoms with Crippen LogP contribution in [0, 0.1) is 29.1 Å². The zero-order valence-corrected chi connectivity index (χ0v) is 14.5. The molecule has 8 heteroatoms. The van der Waals surface area contributed by atoms with Gasteiger partial charge < -0.3 is 10.4 Å². The number of nitrogens with one attached hydrogen (secondary N) is 1. The Balaban J connectivity index is 1.83. The van der Waals surface area contributed by atoms with Crippen LogP contribution < -0.4 is 5.32 Å². The first-order valence-electron chi connectivity index (χ1n) is 8.74. The molecule has 1 heterocycles. The first kappa shape index (κ1) is 18.6. The molecule has 146 valence electrons. The predicted octanol–water partition coefficient (Wildman–Crippen LogP) is 4.91. The van der Waals surface area contributed by atoms with E-state index in [1.54, 1.807) is 24.3 Å². The number of fused-ring (bicyclic) bond motifs is 2. The maximum absolute atomic E-state index is 14.0. The molecule has 2 aromatic carbocycles. The summed E-state index contributed by atoms with van der Waals surface area (Å²) in [7, 11) is 0. The fourth-order valence-electron chi connectivity index (χ4n) is 3.61. The molecule has 0 aliphatic heterocycles. The van der Waals surface area contributed by atoms with E-state index in [1.165, 1.54) is 0 Å². The van der Waals surface area contributed by atoms with Gasteiger partial charge in [0, 0.05) is 28.8 Å². The van der Waals surface area contributed by atoms with Crippen molar-refractivity contribution in [3.05, 3.63) is 70.2 Å². The van der Waals surface area contributed by atoms with Crippen LogP contribution in [0.3, 0.4) is 0 Å². The zero-order valence-electron chi connectivity index (χ0n) is 14.5. The van der Waals surface area contributed by atoms with Crippen LogP contribution in [0.1, 0.15) is 35.8 Å². The van der Waals surface area contributed by atoms with Crippen LogP contribution in [-0.4, -0.2) is 10.1 Å². The van der Waals surface area contributed by atoms with Gasteiger partial charge in [0.25, 0.3) is 0 Å². The van der Waals surface area contributed by atoms with Crippen molar-refractivity contribution >= 4 is 16.6 Å². The summed E-state index contributed by atoms with van der Waals surface area (Å²) in [4.78, 5) is 4.54. The number of hydrogen-bond donors (Lipinski definition) is 2. The lowest BCUT2D eigenvalue weighted by atomic mass is 9.90. The maximum atomic E-state index is 14.0. The highest BCUT2D eigenvalue weighted by molar-refractivity contribution is 5.93. The van der Waals surface area contributed by atoms with Crippen molar-refractivity contribution in [2.45, 2.75) is 31.9 Å². The van der Waals surface area contributed by atoms with Gasteiger partial charge in [-0.1, -0.05) is 18.2 Å². The highest BCUT2D eigenvalue weighted by Gasteiger charge is 2.28. The largest absolute Gasteiger partial charge is 0.388 e. The lowest BCUT2D eigenvalue weighted by Crippen LogP contribution is -2.17. The second-order valence-corrected chi connectivity index (χ2v) is 6.67.